The van der Waals surface area contributed by atoms with Crippen LogP contribution in [0, 0.1) is 16.7 Å². The Kier molecular flexibility index (Phi) is 3.86. The number of esters is 1. The molecule has 2 aliphatic carbocycles. The van der Waals surface area contributed by atoms with Crippen LogP contribution < -0.4 is 0 Å². The van der Waals surface area contributed by atoms with Crippen molar-refractivity contribution in [3.05, 3.63) is 11.1 Å². The van der Waals surface area contributed by atoms with Gasteiger partial charge in [-0.15, -0.1) is 0 Å². The zero-order valence-electron chi connectivity index (χ0n) is 13.2. The Balaban J connectivity index is 2.42. The fraction of sp³-hybridized carbons (Fsp3) is 0.800. The molecule has 2 aliphatic rings. The summed E-state index contributed by atoms with van der Waals surface area (Å²) in [5, 5.41) is 0. The van der Waals surface area contributed by atoms with Gasteiger partial charge in [-0.25, -0.2) is 0 Å². The average Bonchev–Trinajstić information content (AvgIpc) is 2.75. The molecule has 132 valence electrons. The number of hydrogen-bond acceptors (Lipinski definition) is 2. The largest absolute Gasteiger partial charge is 0.461 e. The Hall–Kier alpha value is -1.21. The topological polar surface area (TPSA) is 26.3 Å². The molecule has 3 atom stereocenters. The van der Waals surface area contributed by atoms with E-state index in [0.717, 1.165) is 6.92 Å². The van der Waals surface area contributed by atoms with Gasteiger partial charge in [0, 0.05) is 22.5 Å². The second-order valence-electron chi connectivity index (χ2n) is 7.55. The van der Waals surface area contributed by atoms with Crippen LogP contribution in [0.1, 0.15) is 40.5 Å². The van der Waals surface area contributed by atoms with Crippen molar-refractivity contribution < 1.29 is 35.9 Å². The molecular weight excluding hydrogens is 326 g/mol. The lowest BCUT2D eigenvalue weighted by Crippen LogP contribution is -2.39. The molecule has 0 aromatic carbocycles. The Morgan fingerprint density at radius 2 is 1.57 bits per heavy atom. The number of carbonyl (C=O) groups is 1. The summed E-state index contributed by atoms with van der Waals surface area (Å²) in [4.78, 5) is 11.9. The molecule has 2 nitrogen and oxygen atoms in total. The predicted molar refractivity (Wildman–Crippen MR) is 69.3 cm³/mol. The molecular formula is C15H18F6O2. The lowest BCUT2D eigenvalue weighted by molar-refractivity contribution is -0.164. The van der Waals surface area contributed by atoms with E-state index in [1.807, 2.05) is 0 Å². The maximum atomic E-state index is 13.2. The average molecular weight is 344 g/mol. The van der Waals surface area contributed by atoms with Gasteiger partial charge in [0.1, 0.15) is 6.10 Å². The third-order valence-electron chi connectivity index (χ3n) is 4.47. The highest BCUT2D eigenvalue weighted by Gasteiger charge is 2.66. The predicted octanol–water partition coefficient (Wildman–Crippen LogP) is 4.80. The zero-order valence-corrected chi connectivity index (χ0v) is 13.2. The second kappa shape index (κ2) is 4.89. The van der Waals surface area contributed by atoms with Crippen LogP contribution in [0.2, 0.25) is 0 Å². The first-order valence-corrected chi connectivity index (χ1v) is 7.17. The maximum Gasteiger partial charge on any atom is 0.413 e. The molecule has 3 unspecified atom stereocenters. The summed E-state index contributed by atoms with van der Waals surface area (Å²) in [7, 11) is 0. The highest BCUT2D eigenvalue weighted by atomic mass is 19.4. The highest BCUT2D eigenvalue weighted by Crippen LogP contribution is 2.64. The molecule has 8 heteroatoms. The van der Waals surface area contributed by atoms with Crippen molar-refractivity contribution in [1.29, 1.82) is 0 Å². The van der Waals surface area contributed by atoms with Gasteiger partial charge in [0.15, 0.2) is 0 Å². The summed E-state index contributed by atoms with van der Waals surface area (Å²) in [6.45, 7) is 5.76. The minimum Gasteiger partial charge on any atom is -0.461 e. The van der Waals surface area contributed by atoms with E-state index < -0.39 is 52.3 Å². The molecule has 1 fully saturated rings. The van der Waals surface area contributed by atoms with Crippen LogP contribution in [0.3, 0.4) is 0 Å². The highest BCUT2D eigenvalue weighted by molar-refractivity contribution is 5.75. The van der Waals surface area contributed by atoms with Crippen molar-refractivity contribution >= 4 is 5.97 Å². The number of halogens is 6. The van der Waals surface area contributed by atoms with Crippen LogP contribution in [0.25, 0.3) is 0 Å². The second-order valence-corrected chi connectivity index (χ2v) is 7.55. The lowest BCUT2D eigenvalue weighted by atomic mass is 9.79. The molecule has 2 bridgehead atoms. The third-order valence-corrected chi connectivity index (χ3v) is 4.47. The summed E-state index contributed by atoms with van der Waals surface area (Å²) < 4.78 is 84.2. The van der Waals surface area contributed by atoms with E-state index in [9.17, 15) is 31.1 Å². The lowest BCUT2D eigenvalue weighted by Gasteiger charge is -2.34. The molecule has 0 aromatic heterocycles. The van der Waals surface area contributed by atoms with Crippen LogP contribution in [-0.4, -0.2) is 24.4 Å². The van der Waals surface area contributed by atoms with Gasteiger partial charge in [0.05, 0.1) is 5.41 Å². The Labute approximate surface area is 129 Å². The van der Waals surface area contributed by atoms with E-state index in [-0.39, 0.29) is 12.8 Å². The normalized spacial score (nSPS) is 31.7. The van der Waals surface area contributed by atoms with Crippen molar-refractivity contribution in [3.63, 3.8) is 0 Å². The molecule has 23 heavy (non-hydrogen) atoms. The number of allylic oxidation sites excluding steroid dienone is 1. The molecule has 0 radical (unpaired) electrons. The fourth-order valence-electron chi connectivity index (χ4n) is 3.57. The summed E-state index contributed by atoms with van der Waals surface area (Å²) >= 11 is 0. The van der Waals surface area contributed by atoms with Gasteiger partial charge in [0.2, 0.25) is 0 Å². The molecule has 1 saturated carbocycles. The van der Waals surface area contributed by atoms with E-state index in [1.165, 1.54) is 20.8 Å². The molecule has 0 amide bonds. The van der Waals surface area contributed by atoms with Crippen LogP contribution in [0.15, 0.2) is 11.1 Å². The number of fused-ring (bicyclic) bond motifs is 2. The Morgan fingerprint density at radius 1 is 1.04 bits per heavy atom. The number of carbonyl (C=O) groups excluding carboxylic acids is 1. The van der Waals surface area contributed by atoms with Crippen molar-refractivity contribution in [1.82, 2.24) is 0 Å². The van der Waals surface area contributed by atoms with Crippen molar-refractivity contribution in [2.45, 2.75) is 59.0 Å². The van der Waals surface area contributed by atoms with E-state index in [0.29, 0.717) is 0 Å². The van der Waals surface area contributed by atoms with E-state index in [4.69, 9.17) is 4.74 Å². The Morgan fingerprint density at radius 3 is 1.96 bits per heavy atom. The first-order valence-electron chi connectivity index (χ1n) is 7.17. The maximum absolute atomic E-state index is 13.2. The van der Waals surface area contributed by atoms with Crippen LogP contribution in [-0.2, 0) is 9.53 Å². The molecule has 2 rings (SSSR count). The molecule has 0 saturated heterocycles. The summed E-state index contributed by atoms with van der Waals surface area (Å²) in [6, 6.07) is 0. The number of ether oxygens (including phenoxy) is 1. The number of alkyl halides is 6. The molecule has 0 spiro atoms. The first-order chi connectivity index (χ1) is 10.1. The molecule has 0 N–H and O–H groups in total. The van der Waals surface area contributed by atoms with Crippen molar-refractivity contribution in [2.75, 3.05) is 0 Å². The quantitative estimate of drug-likeness (QED) is 0.388. The van der Waals surface area contributed by atoms with Gasteiger partial charge in [-0.3, -0.25) is 4.79 Å². The smallest absolute Gasteiger partial charge is 0.413 e. The third kappa shape index (κ3) is 3.08. The monoisotopic (exact) mass is 344 g/mol. The molecule has 0 aromatic rings. The summed E-state index contributed by atoms with van der Waals surface area (Å²) in [6.07, 6.45) is -11.9. The van der Waals surface area contributed by atoms with Gasteiger partial charge in [-0.1, -0.05) is 6.92 Å². The van der Waals surface area contributed by atoms with E-state index in [2.05, 4.69) is 0 Å². The number of rotatable bonds is 1. The minimum atomic E-state index is -5.10. The van der Waals surface area contributed by atoms with Gasteiger partial charge in [-0.2, -0.15) is 26.3 Å². The van der Waals surface area contributed by atoms with Gasteiger partial charge < -0.3 is 4.74 Å². The van der Waals surface area contributed by atoms with Gasteiger partial charge in [0.25, 0.3) is 0 Å². The standard InChI is InChI=1S/C15H18F6O2/c1-12(2,3)11(22)23-8-6-13(4)5-7(8)9(14(16,17)18)10(13)15(19,20)21/h7-8H,5-6H2,1-4H3. The minimum absolute atomic E-state index is 0.242. The fourth-order valence-corrected chi connectivity index (χ4v) is 3.57. The molecule has 0 aliphatic heterocycles. The SMILES string of the molecule is CC(C)(C)C(=O)OC1CC2(C)CC1C(C(F)(F)F)=C2C(F)(F)F. The molecule has 0 heterocycles. The number of hydrogen-bond donors (Lipinski definition) is 0. The van der Waals surface area contributed by atoms with E-state index in [1.54, 1.807) is 0 Å². The summed E-state index contributed by atoms with van der Waals surface area (Å²) in [5.41, 5.74) is -5.69. The van der Waals surface area contributed by atoms with E-state index >= 15 is 0 Å². The van der Waals surface area contributed by atoms with Crippen LogP contribution in [0.4, 0.5) is 26.3 Å². The zero-order chi connectivity index (χ0) is 18.0. The Bertz CT molecular complexity index is 552. The van der Waals surface area contributed by atoms with Crippen molar-refractivity contribution in [3.8, 4) is 0 Å². The van der Waals surface area contributed by atoms with Gasteiger partial charge in [-0.05, 0) is 33.6 Å². The van der Waals surface area contributed by atoms with Crippen LogP contribution >= 0.6 is 0 Å². The van der Waals surface area contributed by atoms with Crippen molar-refractivity contribution in [2.24, 2.45) is 16.7 Å². The first kappa shape index (κ1) is 18.1. The van der Waals surface area contributed by atoms with Crippen LogP contribution in [0.5, 0.6) is 0 Å². The van der Waals surface area contributed by atoms with Gasteiger partial charge >= 0.3 is 18.3 Å². The summed E-state index contributed by atoms with van der Waals surface area (Å²) in [5.74, 6) is -2.17.